The predicted molar refractivity (Wildman–Crippen MR) is 286 cm³/mol. The summed E-state index contributed by atoms with van der Waals surface area (Å²) < 4.78 is 17.8. The van der Waals surface area contributed by atoms with Crippen molar-refractivity contribution in [2.75, 3.05) is 25.5 Å². The number of nitrogens with one attached hydrogen (secondary N) is 2. The fraction of sp³-hybridized carbons (Fsp3) is 0.150. The van der Waals surface area contributed by atoms with Gasteiger partial charge in [-0.15, -0.1) is 0 Å². The normalized spacial score (nSPS) is 12.9. The number of carbonyl (C=O) groups is 7. The van der Waals surface area contributed by atoms with Crippen LogP contribution in [0.5, 0.6) is 5.75 Å². The Hall–Kier alpha value is -10.2. The number of anilines is 1. The van der Waals surface area contributed by atoms with Crippen molar-refractivity contribution in [1.82, 2.24) is 10.6 Å². The first-order chi connectivity index (χ1) is 37.5. The number of rotatable bonds is 14. The van der Waals surface area contributed by atoms with E-state index < -0.39 is 52.8 Å². The first kappa shape index (κ1) is 51.3. The number of carboxylic acids is 2. The molecule has 0 saturated heterocycles. The van der Waals surface area contributed by atoms with Crippen molar-refractivity contribution in [1.29, 1.82) is 0 Å². The number of nitrogens with zero attached hydrogens (tertiary/aromatic N) is 2. The molecule has 2 heterocycles. The third kappa shape index (κ3) is 9.80. The van der Waals surface area contributed by atoms with E-state index in [1.54, 1.807) is 24.3 Å². The number of esters is 1. The fourth-order valence-electron chi connectivity index (χ4n) is 9.62. The Morgan fingerprint density at radius 1 is 0.628 bits per heavy atom. The lowest BCUT2D eigenvalue weighted by Gasteiger charge is -2.19. The smallest absolute Gasteiger partial charge is 0.339 e. The first-order valence-corrected chi connectivity index (χ1v) is 24.5. The third-order valence-electron chi connectivity index (χ3n) is 13.5. The van der Waals surface area contributed by atoms with Gasteiger partial charge in [-0.2, -0.15) is 0 Å². The highest BCUT2D eigenvalue weighted by Crippen LogP contribution is 2.45. The molecule has 0 bridgehead atoms. The number of aromatic hydroxyl groups is 1. The van der Waals surface area contributed by atoms with Gasteiger partial charge in [0.25, 0.3) is 11.8 Å². The Morgan fingerprint density at radius 2 is 1.21 bits per heavy atom. The Morgan fingerprint density at radius 3 is 1.87 bits per heavy atom. The molecule has 5 aromatic carbocycles. The Bertz CT molecular complexity index is 4060. The Labute approximate surface area is 442 Å². The zero-order valence-corrected chi connectivity index (χ0v) is 42.0. The number of amides is 2. The van der Waals surface area contributed by atoms with Crippen LogP contribution in [-0.2, 0) is 27.4 Å². The predicted octanol–water partition coefficient (Wildman–Crippen LogP) is 8.49. The molecule has 3 aliphatic carbocycles. The Kier molecular flexibility index (Phi) is 13.7. The molecule has 5 N–H and O–H groups in total. The van der Waals surface area contributed by atoms with Gasteiger partial charge in [-0.05, 0) is 109 Å². The van der Waals surface area contributed by atoms with Crippen molar-refractivity contribution < 1.29 is 62.5 Å². The highest BCUT2D eigenvalue weighted by Gasteiger charge is 2.37. The quantitative estimate of drug-likeness (QED) is 0.0388. The van der Waals surface area contributed by atoms with Crippen molar-refractivity contribution in [3.05, 3.63) is 182 Å². The van der Waals surface area contributed by atoms with Gasteiger partial charge < -0.3 is 44.4 Å². The number of fused-ring (bicyclic) bond motifs is 4. The summed E-state index contributed by atoms with van der Waals surface area (Å²) in [5.74, 6) is -5.72. The second-order valence-electron chi connectivity index (χ2n) is 18.7. The van der Waals surface area contributed by atoms with Gasteiger partial charge >= 0.3 is 17.9 Å². The zero-order chi connectivity index (χ0) is 55.1. The summed E-state index contributed by atoms with van der Waals surface area (Å²) in [6.45, 7) is 2.14. The number of carboxylic acid groups (broad SMARTS) is 2. The summed E-state index contributed by atoms with van der Waals surface area (Å²) >= 11 is 0. The van der Waals surface area contributed by atoms with Gasteiger partial charge in [-0.25, -0.2) is 14.4 Å². The lowest BCUT2D eigenvalue weighted by Crippen LogP contribution is -2.28. The van der Waals surface area contributed by atoms with Gasteiger partial charge in [0.15, 0.2) is 17.0 Å². The number of Topliss-reactive ketones (excluding diaryl/α,β-unsaturated/α-hetero) is 2. The van der Waals surface area contributed by atoms with Gasteiger partial charge in [-0.1, -0.05) is 24.3 Å². The van der Waals surface area contributed by atoms with E-state index in [-0.39, 0.29) is 93.1 Å². The number of aromatic carboxylic acids is 2. The van der Waals surface area contributed by atoms with Gasteiger partial charge in [0.1, 0.15) is 28.4 Å². The van der Waals surface area contributed by atoms with Gasteiger partial charge in [0.05, 0.1) is 34.2 Å². The van der Waals surface area contributed by atoms with Crippen molar-refractivity contribution in [3.63, 3.8) is 0 Å². The first-order valence-electron chi connectivity index (χ1n) is 24.5. The standard InChI is InChI=1S/C60H46N4O14/c1-4-61-34-11-16-39-49(25-34)76-50-26-35(64(2)3)12-17-40(50)52(39)37-14-9-32(23-43(37)58(71)72)57(70)62-28-30-5-7-31(8-6-30)56(69)63-29-45-46(66)20-19-42-53(41-18-13-36(65)27-51(41)77-54(42)45)38-15-10-33(24-44(38)59(73)74)60(75)78-55-47(67)21-22-48(55)68/h5-20,23-27,55,65H,4,21-22,28-29H2,1-3H3,(H,62,70)(H,63,69)(H,71,72)(H,73,74)/b61-34+. The second kappa shape index (κ2) is 20.8. The van der Waals surface area contributed by atoms with Crippen LogP contribution in [0, 0.1) is 0 Å². The van der Waals surface area contributed by atoms with Crippen molar-refractivity contribution >= 4 is 68.9 Å². The van der Waals surface area contributed by atoms with E-state index in [1.165, 1.54) is 60.7 Å². The number of ether oxygens (including phenoxy) is 1. The molecule has 10 rings (SSSR count). The lowest BCUT2D eigenvalue weighted by atomic mass is 9.88. The van der Waals surface area contributed by atoms with E-state index in [2.05, 4.69) is 15.6 Å². The SMILES string of the molecule is CC/N=c1\ccc2c(-c3ccc(C(=O)NCc4ccc(C(=O)NCc5c6oc7cc(O)ccc7c(-c7ccc(C(=O)OC8C(=O)CCC8=O)cc7C(=O)O)c-6ccc5=O)cc4)cc3C(=O)O)c3ccc(N(C)C)cc3oc-2c1. The van der Waals surface area contributed by atoms with Gasteiger partial charge in [-0.3, -0.25) is 29.0 Å². The maximum absolute atomic E-state index is 13.6. The summed E-state index contributed by atoms with van der Waals surface area (Å²) in [7, 11) is 3.81. The number of ketones is 2. The third-order valence-corrected chi connectivity index (χ3v) is 13.5. The van der Waals surface area contributed by atoms with Crippen LogP contribution < -0.4 is 26.3 Å². The van der Waals surface area contributed by atoms with Crippen LogP contribution in [0.3, 0.4) is 0 Å². The maximum atomic E-state index is 13.6. The van der Waals surface area contributed by atoms with E-state index in [4.69, 9.17) is 13.6 Å². The van der Waals surface area contributed by atoms with Gasteiger partial charge in [0, 0.05) is 108 Å². The molecule has 390 valence electrons. The molecule has 2 amide bonds. The van der Waals surface area contributed by atoms with Crippen LogP contribution in [0.1, 0.15) is 82.7 Å². The number of benzene rings is 7. The topological polar surface area (TPSA) is 272 Å². The zero-order valence-electron chi connectivity index (χ0n) is 42.0. The van der Waals surface area contributed by atoms with E-state index in [9.17, 15) is 53.7 Å². The molecule has 5 aromatic rings. The van der Waals surface area contributed by atoms with Gasteiger partial charge in [0.2, 0.25) is 6.10 Å². The van der Waals surface area contributed by atoms with Crippen LogP contribution in [0.2, 0.25) is 0 Å². The molecule has 0 atom stereocenters. The van der Waals surface area contributed by atoms with Crippen molar-refractivity contribution in [2.45, 2.75) is 39.0 Å². The number of phenols is 1. The summed E-state index contributed by atoms with van der Waals surface area (Å²) in [4.78, 5) is 110. The summed E-state index contributed by atoms with van der Waals surface area (Å²) in [5, 5.41) is 38.7. The molecule has 1 fully saturated rings. The molecule has 0 unspecified atom stereocenters. The molecular weight excluding hydrogens is 1000 g/mol. The minimum Gasteiger partial charge on any atom is -0.508 e. The number of hydrogen-bond acceptors (Lipinski definition) is 14. The summed E-state index contributed by atoms with van der Waals surface area (Å²) in [6.07, 6.45) is -1.72. The molecule has 18 nitrogen and oxygen atoms in total. The molecule has 1 saturated carbocycles. The van der Waals surface area contributed by atoms with E-state index >= 15 is 0 Å². The average molecular weight is 1050 g/mol. The number of phenolic OH excluding ortho intramolecular Hbond substituents is 1. The minimum atomic E-state index is -1.58. The Balaban J connectivity index is 0.867. The molecule has 0 radical (unpaired) electrons. The molecule has 0 aromatic heterocycles. The van der Waals surface area contributed by atoms with Crippen LogP contribution >= 0.6 is 0 Å². The number of hydrogen-bond donors (Lipinski definition) is 5. The monoisotopic (exact) mass is 1050 g/mol. The molecule has 18 heteroatoms. The van der Waals surface area contributed by atoms with Crippen LogP contribution in [-0.4, -0.2) is 83.4 Å². The second-order valence-corrected chi connectivity index (χ2v) is 18.7. The highest BCUT2D eigenvalue weighted by molar-refractivity contribution is 6.14. The van der Waals surface area contributed by atoms with Crippen molar-refractivity contribution in [2.24, 2.45) is 4.99 Å². The highest BCUT2D eigenvalue weighted by atomic mass is 16.6. The fourth-order valence-corrected chi connectivity index (χ4v) is 9.62. The van der Waals surface area contributed by atoms with E-state index in [1.807, 2.05) is 62.3 Å². The van der Waals surface area contributed by atoms with E-state index in [0.29, 0.717) is 56.3 Å². The molecule has 5 aliphatic rings. The average Bonchev–Trinajstić information content (AvgIpc) is 3.84. The van der Waals surface area contributed by atoms with Crippen LogP contribution in [0.15, 0.2) is 146 Å². The molecule has 0 spiro atoms. The molecule has 2 aliphatic heterocycles. The van der Waals surface area contributed by atoms with Crippen LogP contribution in [0.25, 0.3) is 66.8 Å². The molecule has 78 heavy (non-hydrogen) atoms. The summed E-state index contributed by atoms with van der Waals surface area (Å²) in [5.41, 5.74) is 3.38. The maximum Gasteiger partial charge on any atom is 0.339 e. The van der Waals surface area contributed by atoms with Crippen LogP contribution in [0.4, 0.5) is 5.69 Å². The number of carbonyl (C=O) groups excluding carboxylic acids is 5. The largest absolute Gasteiger partial charge is 0.508 e. The minimum absolute atomic E-state index is 0.00867. The van der Waals surface area contributed by atoms with Crippen molar-refractivity contribution in [3.8, 4) is 50.7 Å². The lowest BCUT2D eigenvalue weighted by molar-refractivity contribution is -0.133. The summed E-state index contributed by atoms with van der Waals surface area (Å²) in [6, 6.07) is 32.4. The van der Waals surface area contributed by atoms with E-state index in [0.717, 1.165) is 11.8 Å². The molecular formula is C60H46N4O14.